The van der Waals surface area contributed by atoms with Gasteiger partial charge in [-0.3, -0.25) is 4.99 Å². The summed E-state index contributed by atoms with van der Waals surface area (Å²) in [5.74, 6) is 0. The maximum atomic E-state index is 4.59. The van der Waals surface area contributed by atoms with Gasteiger partial charge in [0.1, 0.15) is 0 Å². The van der Waals surface area contributed by atoms with Crippen LogP contribution in [0.4, 0.5) is 5.69 Å². The van der Waals surface area contributed by atoms with Gasteiger partial charge in [0.25, 0.3) is 0 Å². The topological polar surface area (TPSA) is 12.4 Å². The van der Waals surface area contributed by atoms with Crippen molar-refractivity contribution in [1.82, 2.24) is 0 Å². The second-order valence-corrected chi connectivity index (χ2v) is 6.49. The van der Waals surface area contributed by atoms with Crippen LogP contribution in [0.2, 0.25) is 0 Å². The molecule has 0 saturated heterocycles. The van der Waals surface area contributed by atoms with Crippen molar-refractivity contribution >= 4 is 61.9 Å². The van der Waals surface area contributed by atoms with Crippen molar-refractivity contribution in [3.63, 3.8) is 0 Å². The standard InChI is InChI=1S/C15H10BrNS2/c16-10-5-7-11(8-6-10)17-9-14-15(18)12-3-1-2-4-13(12)19-14/h1-9,18H. The van der Waals surface area contributed by atoms with Crippen LogP contribution >= 0.6 is 39.9 Å². The van der Waals surface area contributed by atoms with Gasteiger partial charge in [-0.25, -0.2) is 0 Å². The van der Waals surface area contributed by atoms with Crippen molar-refractivity contribution < 1.29 is 0 Å². The summed E-state index contributed by atoms with van der Waals surface area (Å²) in [6, 6.07) is 16.2. The Balaban J connectivity index is 1.97. The van der Waals surface area contributed by atoms with Gasteiger partial charge in [-0.05, 0) is 30.3 Å². The molecule has 94 valence electrons. The first-order valence-corrected chi connectivity index (χ1v) is 7.80. The number of fused-ring (bicyclic) bond motifs is 1. The number of halogens is 1. The molecule has 0 bridgehead atoms. The van der Waals surface area contributed by atoms with Gasteiger partial charge in [0.2, 0.25) is 0 Å². The van der Waals surface area contributed by atoms with E-state index in [4.69, 9.17) is 0 Å². The molecule has 3 rings (SSSR count). The number of nitrogens with zero attached hydrogens (tertiary/aromatic N) is 1. The minimum Gasteiger partial charge on any atom is -0.255 e. The molecule has 0 aliphatic carbocycles. The highest BCUT2D eigenvalue weighted by Gasteiger charge is 2.06. The van der Waals surface area contributed by atoms with E-state index < -0.39 is 0 Å². The molecule has 0 spiro atoms. The van der Waals surface area contributed by atoms with Crippen LogP contribution in [0.1, 0.15) is 4.88 Å². The normalized spacial score (nSPS) is 11.5. The Hall–Kier alpha value is -1.10. The minimum absolute atomic E-state index is 0.938. The van der Waals surface area contributed by atoms with Crippen LogP contribution in [-0.4, -0.2) is 6.21 Å². The Morgan fingerprint density at radius 3 is 2.53 bits per heavy atom. The second-order valence-electron chi connectivity index (χ2n) is 4.05. The van der Waals surface area contributed by atoms with Gasteiger partial charge in [0.15, 0.2) is 0 Å². The Morgan fingerprint density at radius 1 is 1.05 bits per heavy atom. The molecule has 1 heterocycles. The van der Waals surface area contributed by atoms with E-state index in [1.165, 1.54) is 10.1 Å². The fraction of sp³-hybridized carbons (Fsp3) is 0. The highest BCUT2D eigenvalue weighted by atomic mass is 79.9. The summed E-state index contributed by atoms with van der Waals surface area (Å²) in [6.07, 6.45) is 1.89. The van der Waals surface area contributed by atoms with E-state index in [2.05, 4.69) is 45.7 Å². The molecule has 0 amide bonds. The molecule has 0 N–H and O–H groups in total. The summed E-state index contributed by atoms with van der Waals surface area (Å²) in [7, 11) is 0. The fourth-order valence-electron chi connectivity index (χ4n) is 1.80. The van der Waals surface area contributed by atoms with Crippen molar-refractivity contribution in [2.45, 2.75) is 4.90 Å². The van der Waals surface area contributed by atoms with E-state index in [1.54, 1.807) is 11.3 Å². The Labute approximate surface area is 129 Å². The van der Waals surface area contributed by atoms with Gasteiger partial charge >= 0.3 is 0 Å². The van der Waals surface area contributed by atoms with Crippen LogP contribution in [0.5, 0.6) is 0 Å². The van der Waals surface area contributed by atoms with Gasteiger partial charge in [0.05, 0.1) is 10.6 Å². The Kier molecular flexibility index (Phi) is 3.73. The second kappa shape index (κ2) is 5.49. The third-order valence-corrected chi connectivity index (χ3v) is 5.02. The quantitative estimate of drug-likeness (QED) is 0.450. The molecule has 0 atom stereocenters. The summed E-state index contributed by atoms with van der Waals surface area (Å²) in [5, 5.41) is 1.19. The molecular weight excluding hydrogens is 338 g/mol. The van der Waals surface area contributed by atoms with E-state index in [0.29, 0.717) is 0 Å². The molecule has 1 nitrogen and oxygen atoms in total. The predicted molar refractivity (Wildman–Crippen MR) is 90.5 cm³/mol. The minimum atomic E-state index is 0.938. The summed E-state index contributed by atoms with van der Waals surface area (Å²) >= 11 is 9.72. The van der Waals surface area contributed by atoms with Crippen LogP contribution in [-0.2, 0) is 0 Å². The molecule has 0 aliphatic heterocycles. The monoisotopic (exact) mass is 347 g/mol. The van der Waals surface area contributed by atoms with Gasteiger partial charge in [-0.1, -0.05) is 34.1 Å². The van der Waals surface area contributed by atoms with Crippen molar-refractivity contribution in [2.75, 3.05) is 0 Å². The zero-order chi connectivity index (χ0) is 13.2. The summed E-state index contributed by atoms with van der Waals surface area (Å²) in [4.78, 5) is 6.58. The number of hydrogen-bond donors (Lipinski definition) is 1. The fourth-order valence-corrected chi connectivity index (χ4v) is 3.50. The SMILES string of the molecule is Sc1c(C=Nc2ccc(Br)cc2)sc2ccccc12. The van der Waals surface area contributed by atoms with Crippen molar-refractivity contribution in [3.8, 4) is 0 Å². The van der Waals surface area contributed by atoms with E-state index >= 15 is 0 Å². The van der Waals surface area contributed by atoms with Crippen LogP contribution in [0.15, 0.2) is 62.9 Å². The summed E-state index contributed by atoms with van der Waals surface area (Å²) in [6.45, 7) is 0. The van der Waals surface area contributed by atoms with Gasteiger partial charge < -0.3 is 0 Å². The Bertz CT molecular complexity index is 744. The average molecular weight is 348 g/mol. The highest BCUT2D eigenvalue weighted by Crippen LogP contribution is 2.33. The number of hydrogen-bond acceptors (Lipinski definition) is 3. The molecule has 0 aliphatic rings. The smallest absolute Gasteiger partial charge is 0.0631 e. The molecule has 2 aromatic carbocycles. The lowest BCUT2D eigenvalue weighted by molar-refractivity contribution is 1.51. The van der Waals surface area contributed by atoms with E-state index in [-0.39, 0.29) is 0 Å². The summed E-state index contributed by atoms with van der Waals surface area (Å²) in [5.41, 5.74) is 0.938. The first-order chi connectivity index (χ1) is 9.24. The molecule has 0 saturated carbocycles. The van der Waals surface area contributed by atoms with E-state index in [9.17, 15) is 0 Å². The molecule has 1 aromatic heterocycles. The third-order valence-electron chi connectivity index (χ3n) is 2.75. The van der Waals surface area contributed by atoms with Crippen molar-refractivity contribution in [1.29, 1.82) is 0 Å². The van der Waals surface area contributed by atoms with Gasteiger partial charge in [0, 0.05) is 25.7 Å². The van der Waals surface area contributed by atoms with Crippen LogP contribution in [0.25, 0.3) is 10.1 Å². The average Bonchev–Trinajstić information content (AvgIpc) is 2.76. The molecule has 3 aromatic rings. The molecule has 4 heteroatoms. The maximum Gasteiger partial charge on any atom is 0.0631 e. The number of benzene rings is 2. The molecule has 0 radical (unpaired) electrons. The first kappa shape index (κ1) is 12.9. The lowest BCUT2D eigenvalue weighted by Gasteiger charge is -1.93. The predicted octanol–water partition coefficient (Wildman–Crippen LogP) is 5.70. The first-order valence-electron chi connectivity index (χ1n) is 5.74. The molecule has 19 heavy (non-hydrogen) atoms. The largest absolute Gasteiger partial charge is 0.255 e. The number of rotatable bonds is 2. The number of thiol groups is 1. The number of aliphatic imine (C=N–C) groups is 1. The third kappa shape index (κ3) is 2.76. The Morgan fingerprint density at radius 2 is 1.79 bits per heavy atom. The lowest BCUT2D eigenvalue weighted by atomic mass is 10.2. The van der Waals surface area contributed by atoms with Crippen LogP contribution in [0.3, 0.4) is 0 Å². The molecular formula is C15H10BrNS2. The van der Waals surface area contributed by atoms with E-state index in [1.807, 2.05) is 42.6 Å². The van der Waals surface area contributed by atoms with Crippen LogP contribution < -0.4 is 0 Å². The summed E-state index contributed by atoms with van der Waals surface area (Å²) < 4.78 is 2.30. The van der Waals surface area contributed by atoms with E-state index in [0.717, 1.165) is 19.9 Å². The molecule has 0 unspecified atom stereocenters. The lowest BCUT2D eigenvalue weighted by Crippen LogP contribution is -1.75. The highest BCUT2D eigenvalue weighted by molar-refractivity contribution is 9.10. The zero-order valence-electron chi connectivity index (χ0n) is 9.88. The van der Waals surface area contributed by atoms with Gasteiger partial charge in [-0.2, -0.15) is 0 Å². The van der Waals surface area contributed by atoms with Crippen molar-refractivity contribution in [3.05, 3.63) is 57.9 Å². The molecule has 0 fully saturated rings. The number of thiophene rings is 1. The zero-order valence-corrected chi connectivity index (χ0v) is 13.2. The van der Waals surface area contributed by atoms with Crippen molar-refractivity contribution in [2.24, 2.45) is 4.99 Å². The maximum absolute atomic E-state index is 4.59. The van der Waals surface area contributed by atoms with Crippen LogP contribution in [0, 0.1) is 0 Å². The van der Waals surface area contributed by atoms with Gasteiger partial charge in [-0.15, -0.1) is 24.0 Å².